The van der Waals surface area contributed by atoms with Crippen LogP contribution in [-0.4, -0.2) is 43.2 Å². The van der Waals surface area contributed by atoms with Crippen LogP contribution in [0.4, 0.5) is 17.6 Å². The van der Waals surface area contributed by atoms with Crippen LogP contribution >= 0.6 is 0 Å². The number of carbonyl (C=O) groups excluding carboxylic acids is 2. The molecule has 9 nitrogen and oxygen atoms in total. The fourth-order valence-corrected chi connectivity index (χ4v) is 3.58. The maximum atomic E-state index is 13.9. The molecule has 0 saturated heterocycles. The van der Waals surface area contributed by atoms with E-state index in [1.165, 1.54) is 10.9 Å². The SMILES string of the molecule is O=C(NCc1cc(OC(F)(F)F)ccc1F)c1cn(CCCCc2ccc(CC(=O)C3CC3)nn2)nn1. The van der Waals surface area contributed by atoms with E-state index in [1.54, 1.807) is 0 Å². The van der Waals surface area contributed by atoms with Crippen molar-refractivity contribution in [1.82, 2.24) is 30.5 Å². The Labute approximate surface area is 209 Å². The number of alkyl halides is 3. The topological polar surface area (TPSA) is 112 Å². The molecule has 0 radical (unpaired) electrons. The highest BCUT2D eigenvalue weighted by Crippen LogP contribution is 2.30. The summed E-state index contributed by atoms with van der Waals surface area (Å²) in [5, 5.41) is 18.4. The number of halogens is 4. The summed E-state index contributed by atoms with van der Waals surface area (Å²) in [6.45, 7) is 0.133. The minimum Gasteiger partial charge on any atom is -0.406 e. The first-order valence-electron chi connectivity index (χ1n) is 11.7. The van der Waals surface area contributed by atoms with Crippen LogP contribution in [0.5, 0.6) is 5.75 Å². The van der Waals surface area contributed by atoms with Crippen LogP contribution in [0.2, 0.25) is 0 Å². The molecule has 1 N–H and O–H groups in total. The van der Waals surface area contributed by atoms with E-state index < -0.39 is 23.8 Å². The first-order valence-corrected chi connectivity index (χ1v) is 11.7. The second-order valence-corrected chi connectivity index (χ2v) is 8.74. The quantitative estimate of drug-likeness (QED) is 0.287. The summed E-state index contributed by atoms with van der Waals surface area (Å²) in [7, 11) is 0. The molecule has 1 fully saturated rings. The van der Waals surface area contributed by atoms with Crippen LogP contribution in [0.3, 0.4) is 0 Å². The number of benzene rings is 1. The predicted molar refractivity (Wildman–Crippen MR) is 121 cm³/mol. The third-order valence-electron chi connectivity index (χ3n) is 5.69. The Balaban J connectivity index is 1.19. The van der Waals surface area contributed by atoms with Crippen molar-refractivity contribution in [2.45, 2.75) is 58.0 Å². The van der Waals surface area contributed by atoms with E-state index in [4.69, 9.17) is 0 Å². The van der Waals surface area contributed by atoms with Gasteiger partial charge in [-0.25, -0.2) is 4.39 Å². The van der Waals surface area contributed by atoms with Gasteiger partial charge in [-0.2, -0.15) is 10.2 Å². The first-order chi connectivity index (χ1) is 17.7. The molecule has 0 spiro atoms. The Morgan fingerprint density at radius 2 is 1.81 bits per heavy atom. The molecule has 1 aromatic carbocycles. The number of nitrogens with zero attached hydrogens (tertiary/aromatic N) is 5. The molecule has 3 aromatic rings. The third-order valence-corrected chi connectivity index (χ3v) is 5.69. The molecular formula is C24H24F4N6O3. The number of ketones is 1. The van der Waals surface area contributed by atoms with E-state index in [1.807, 2.05) is 12.1 Å². The molecule has 2 heterocycles. The van der Waals surface area contributed by atoms with Crippen molar-refractivity contribution in [2.24, 2.45) is 5.92 Å². The Morgan fingerprint density at radius 3 is 2.51 bits per heavy atom. The van der Waals surface area contributed by atoms with Gasteiger partial charge in [0.05, 0.1) is 24.0 Å². The lowest BCUT2D eigenvalue weighted by atomic mass is 10.1. The van der Waals surface area contributed by atoms with Gasteiger partial charge in [0.1, 0.15) is 17.3 Å². The number of carbonyl (C=O) groups is 2. The summed E-state index contributed by atoms with van der Waals surface area (Å²) in [5.41, 5.74) is 1.32. The van der Waals surface area contributed by atoms with Crippen LogP contribution in [0.25, 0.3) is 0 Å². The molecule has 37 heavy (non-hydrogen) atoms. The standard InChI is InChI=1S/C24H24F4N6O3/c25-20-9-8-19(37-24(26,27)28)11-16(20)13-29-23(36)21-14-34(33-32-21)10-2-1-3-17-6-7-18(31-30-17)12-22(35)15-4-5-15/h6-9,11,14-15H,1-5,10,12-13H2,(H,29,36). The molecular weight excluding hydrogens is 496 g/mol. The van der Waals surface area contributed by atoms with Crippen molar-refractivity contribution in [3.05, 3.63) is 65.0 Å². The number of nitrogens with one attached hydrogen (secondary N) is 1. The minimum atomic E-state index is -4.91. The monoisotopic (exact) mass is 520 g/mol. The zero-order chi connectivity index (χ0) is 26.4. The van der Waals surface area contributed by atoms with Crippen molar-refractivity contribution in [3.8, 4) is 5.75 Å². The molecule has 0 aliphatic heterocycles. The summed E-state index contributed by atoms with van der Waals surface area (Å²) in [4.78, 5) is 24.2. The molecule has 0 unspecified atom stereocenters. The number of aromatic nitrogens is 5. The molecule has 1 aliphatic carbocycles. The average Bonchev–Trinajstić information content (AvgIpc) is 3.60. The van der Waals surface area contributed by atoms with E-state index in [2.05, 4.69) is 30.6 Å². The largest absolute Gasteiger partial charge is 0.573 e. The van der Waals surface area contributed by atoms with Gasteiger partial charge in [-0.15, -0.1) is 18.3 Å². The van der Waals surface area contributed by atoms with Gasteiger partial charge in [0.25, 0.3) is 5.91 Å². The number of hydrogen-bond donors (Lipinski definition) is 1. The average molecular weight is 520 g/mol. The molecule has 1 amide bonds. The van der Waals surface area contributed by atoms with Gasteiger partial charge in [0, 0.05) is 24.6 Å². The van der Waals surface area contributed by atoms with Gasteiger partial charge >= 0.3 is 6.36 Å². The maximum absolute atomic E-state index is 13.9. The summed E-state index contributed by atoms with van der Waals surface area (Å²) in [6.07, 6.45) is 0.994. The van der Waals surface area contributed by atoms with Crippen molar-refractivity contribution in [3.63, 3.8) is 0 Å². The molecule has 196 valence electrons. The molecule has 0 bridgehead atoms. The summed E-state index contributed by atoms with van der Waals surface area (Å²) < 4.78 is 56.3. The second-order valence-electron chi connectivity index (χ2n) is 8.74. The van der Waals surface area contributed by atoms with Crippen molar-refractivity contribution in [2.75, 3.05) is 0 Å². The highest BCUT2D eigenvalue weighted by Gasteiger charge is 2.31. The van der Waals surface area contributed by atoms with Crippen LogP contribution in [0.1, 0.15) is 53.1 Å². The molecule has 13 heteroatoms. The summed E-state index contributed by atoms with van der Waals surface area (Å²) in [6, 6.07) is 6.24. The Hall–Kier alpha value is -3.90. The smallest absolute Gasteiger partial charge is 0.406 e. The normalized spacial score (nSPS) is 13.4. The van der Waals surface area contributed by atoms with Crippen molar-refractivity contribution in [1.29, 1.82) is 0 Å². The van der Waals surface area contributed by atoms with E-state index >= 15 is 0 Å². The molecule has 4 rings (SSSR count). The van der Waals surface area contributed by atoms with Crippen LogP contribution in [0, 0.1) is 11.7 Å². The minimum absolute atomic E-state index is 0.00898. The maximum Gasteiger partial charge on any atom is 0.573 e. The molecule has 1 aliphatic rings. The van der Waals surface area contributed by atoms with Gasteiger partial charge in [0.15, 0.2) is 5.69 Å². The Morgan fingerprint density at radius 1 is 1.05 bits per heavy atom. The third kappa shape index (κ3) is 8.05. The van der Waals surface area contributed by atoms with E-state index in [0.29, 0.717) is 25.1 Å². The molecule has 2 aromatic heterocycles. The van der Waals surface area contributed by atoms with E-state index in [0.717, 1.165) is 49.6 Å². The fourth-order valence-electron chi connectivity index (χ4n) is 3.58. The number of ether oxygens (including phenoxy) is 1. The Kier molecular flexibility index (Phi) is 8.09. The van der Waals surface area contributed by atoms with Gasteiger partial charge in [0.2, 0.25) is 0 Å². The van der Waals surface area contributed by atoms with Gasteiger partial charge in [-0.05, 0) is 62.4 Å². The number of unbranched alkanes of at least 4 members (excludes halogenated alkanes) is 1. The van der Waals surface area contributed by atoms with Crippen molar-refractivity contribution >= 4 is 11.7 Å². The van der Waals surface area contributed by atoms with Crippen LogP contribution in [-0.2, 0) is 30.7 Å². The van der Waals surface area contributed by atoms with Crippen LogP contribution < -0.4 is 10.1 Å². The highest BCUT2D eigenvalue weighted by atomic mass is 19.4. The number of Topliss-reactive ketones (excluding diaryl/α,β-unsaturated/α-hetero) is 1. The molecule has 0 atom stereocenters. The molecule has 1 saturated carbocycles. The lowest BCUT2D eigenvalue weighted by Crippen LogP contribution is -2.24. The second kappa shape index (κ2) is 11.4. The predicted octanol–water partition coefficient (Wildman–Crippen LogP) is 3.58. The lowest BCUT2D eigenvalue weighted by molar-refractivity contribution is -0.274. The van der Waals surface area contributed by atoms with E-state index in [9.17, 15) is 27.2 Å². The van der Waals surface area contributed by atoms with Gasteiger partial charge in [-0.1, -0.05) is 5.21 Å². The van der Waals surface area contributed by atoms with Gasteiger partial charge < -0.3 is 10.1 Å². The zero-order valence-corrected chi connectivity index (χ0v) is 19.7. The van der Waals surface area contributed by atoms with E-state index in [-0.39, 0.29) is 29.5 Å². The Bertz CT molecular complexity index is 1240. The number of amides is 1. The van der Waals surface area contributed by atoms with Crippen molar-refractivity contribution < 1.29 is 31.9 Å². The summed E-state index contributed by atoms with van der Waals surface area (Å²) >= 11 is 0. The van der Waals surface area contributed by atoms with Crippen LogP contribution in [0.15, 0.2) is 36.5 Å². The van der Waals surface area contributed by atoms with Gasteiger partial charge in [-0.3, -0.25) is 14.3 Å². The fraction of sp³-hybridized carbons (Fsp3) is 0.417. The zero-order valence-electron chi connectivity index (χ0n) is 19.7. The first kappa shape index (κ1) is 26.2. The number of aryl methyl sites for hydroxylation is 2. The summed E-state index contributed by atoms with van der Waals surface area (Å²) in [5.74, 6) is -1.60. The highest BCUT2D eigenvalue weighted by molar-refractivity contribution is 5.91. The number of hydrogen-bond acceptors (Lipinski definition) is 7. The lowest BCUT2D eigenvalue weighted by Gasteiger charge is -2.11. The number of rotatable bonds is 12.